The van der Waals surface area contributed by atoms with Gasteiger partial charge < -0.3 is 4.89 Å². The molecule has 0 radical (unpaired) electrons. The summed E-state index contributed by atoms with van der Waals surface area (Å²) in [5, 5.41) is 0. The van der Waals surface area contributed by atoms with Crippen molar-refractivity contribution in [1.82, 2.24) is 0 Å². The maximum atomic E-state index is 13.1. The lowest BCUT2D eigenvalue weighted by Crippen LogP contribution is -2.52. The third kappa shape index (κ3) is 3.34. The molecule has 0 aromatic rings. The summed E-state index contributed by atoms with van der Waals surface area (Å²) in [5.41, 5.74) is 0. The molecule has 0 bridgehead atoms. The minimum absolute atomic E-state index is 1.41. The predicted molar refractivity (Wildman–Crippen MR) is 41.2 cm³/mol. The molecule has 12 heteroatoms. The molecule has 18 heavy (non-hydrogen) atoms. The van der Waals surface area contributed by atoms with Crippen molar-refractivity contribution >= 4 is 7.82 Å². The molecular weight excluding hydrogens is 300 g/mol. The summed E-state index contributed by atoms with van der Waals surface area (Å²) >= 11 is 0. The predicted octanol–water partition coefficient (Wildman–Crippen LogP) is 2.73. The van der Waals surface area contributed by atoms with E-state index in [-0.39, 0.29) is 0 Å². The lowest BCUT2D eigenvalue weighted by molar-refractivity contribution is -0.284. The van der Waals surface area contributed by atoms with Crippen LogP contribution in [0, 0.1) is 0 Å². The monoisotopic (exact) mass is 306 g/mol. The van der Waals surface area contributed by atoms with Gasteiger partial charge in [-0.05, 0) is 0 Å². The van der Waals surface area contributed by atoms with Crippen molar-refractivity contribution in [2.75, 3.05) is 6.61 Å². The second kappa shape index (κ2) is 4.32. The van der Waals surface area contributed by atoms with Gasteiger partial charge in [0.05, 0.1) is 6.61 Å². The molecule has 0 spiro atoms. The summed E-state index contributed by atoms with van der Waals surface area (Å²) in [5.74, 6) is -10.8. The Morgan fingerprint density at radius 2 is 1.67 bits per heavy atom. The first-order valence-electron chi connectivity index (χ1n) is 4.25. The Morgan fingerprint density at radius 3 is 2.00 bits per heavy atom. The van der Waals surface area contributed by atoms with Gasteiger partial charge >= 0.3 is 25.8 Å². The van der Waals surface area contributed by atoms with Crippen LogP contribution in [0.4, 0.5) is 30.7 Å². The van der Waals surface area contributed by atoms with Gasteiger partial charge in [0.25, 0.3) is 0 Å². The van der Waals surface area contributed by atoms with Crippen molar-refractivity contribution in [3.05, 3.63) is 0 Å². The van der Waals surface area contributed by atoms with Gasteiger partial charge in [-0.15, -0.1) is 0 Å². The molecule has 2 unspecified atom stereocenters. The minimum Gasteiger partial charge on any atom is -0.302 e. The lowest BCUT2D eigenvalue weighted by Gasteiger charge is -2.29. The van der Waals surface area contributed by atoms with Gasteiger partial charge in [0.15, 0.2) is 6.10 Å². The summed E-state index contributed by atoms with van der Waals surface area (Å²) in [4.78, 5) is 8.54. The number of alkyl halides is 7. The summed E-state index contributed by atoms with van der Waals surface area (Å²) in [6.07, 6.45) is -11.5. The molecule has 0 saturated carbocycles. The van der Waals surface area contributed by atoms with Gasteiger partial charge in [0.2, 0.25) is 0 Å². The lowest BCUT2D eigenvalue weighted by atomic mass is 10.0. The SMILES string of the molecule is O=P1(O)OCC(C(F)(F)C(F)(F)CC(F)(F)F)O1. The normalized spacial score (nSPS) is 30.8. The smallest absolute Gasteiger partial charge is 0.302 e. The maximum absolute atomic E-state index is 13.1. The zero-order valence-corrected chi connectivity index (χ0v) is 9.15. The largest absolute Gasteiger partial charge is 0.472 e. The van der Waals surface area contributed by atoms with Crippen LogP contribution in [0.5, 0.6) is 0 Å². The van der Waals surface area contributed by atoms with E-state index in [1.807, 2.05) is 0 Å². The van der Waals surface area contributed by atoms with E-state index < -0.39 is 45.0 Å². The van der Waals surface area contributed by atoms with E-state index in [4.69, 9.17) is 4.89 Å². The first-order valence-corrected chi connectivity index (χ1v) is 5.74. The summed E-state index contributed by atoms with van der Waals surface area (Å²) in [6.45, 7) is -1.41. The highest BCUT2D eigenvalue weighted by molar-refractivity contribution is 7.47. The Morgan fingerprint density at radius 1 is 1.17 bits per heavy atom. The molecule has 1 aliphatic heterocycles. The molecule has 0 amide bonds. The van der Waals surface area contributed by atoms with Crippen molar-refractivity contribution in [1.29, 1.82) is 0 Å². The number of rotatable bonds is 3. The zero-order chi connectivity index (χ0) is 14.4. The molecular formula is C6H6F7O4P. The van der Waals surface area contributed by atoms with Crippen LogP contribution in [0.1, 0.15) is 6.42 Å². The quantitative estimate of drug-likeness (QED) is 0.643. The Hall–Kier alpha value is -0.380. The molecule has 1 fully saturated rings. The molecule has 0 aromatic carbocycles. The summed E-state index contributed by atoms with van der Waals surface area (Å²) < 4.78 is 105. The van der Waals surface area contributed by atoms with Crippen molar-refractivity contribution in [3.8, 4) is 0 Å². The van der Waals surface area contributed by atoms with Gasteiger partial charge in [0, 0.05) is 0 Å². The van der Waals surface area contributed by atoms with E-state index in [0.717, 1.165) is 0 Å². The maximum Gasteiger partial charge on any atom is 0.472 e. The van der Waals surface area contributed by atoms with Crippen LogP contribution >= 0.6 is 7.82 Å². The molecule has 1 heterocycles. The Labute approximate surface area is 95.3 Å². The highest BCUT2D eigenvalue weighted by atomic mass is 31.2. The first kappa shape index (κ1) is 15.7. The van der Waals surface area contributed by atoms with E-state index >= 15 is 0 Å². The molecule has 1 rings (SSSR count). The van der Waals surface area contributed by atoms with Crippen LogP contribution in [0.2, 0.25) is 0 Å². The third-order valence-electron chi connectivity index (χ3n) is 1.96. The first-order chi connectivity index (χ1) is 7.77. The molecule has 1 saturated heterocycles. The number of hydrogen-bond acceptors (Lipinski definition) is 3. The van der Waals surface area contributed by atoms with Gasteiger partial charge in [-0.3, -0.25) is 9.05 Å². The molecule has 1 aliphatic rings. The zero-order valence-electron chi connectivity index (χ0n) is 8.26. The Balaban J connectivity index is 2.89. The molecule has 0 aromatic heterocycles. The fraction of sp³-hybridized carbons (Fsp3) is 1.00. The topological polar surface area (TPSA) is 55.8 Å². The standard InChI is InChI=1S/C6H6F7O4P/c7-4(8,2-5(9,10)11)6(12,13)3-1-16-18(14,15)17-3/h3H,1-2H2,(H,14,15). The van der Waals surface area contributed by atoms with Crippen molar-refractivity contribution in [2.24, 2.45) is 0 Å². The Kier molecular flexibility index (Phi) is 3.77. The molecule has 2 atom stereocenters. The fourth-order valence-electron chi connectivity index (χ4n) is 1.16. The van der Waals surface area contributed by atoms with Gasteiger partial charge in [-0.25, -0.2) is 4.57 Å². The fourth-order valence-corrected chi connectivity index (χ4v) is 2.06. The average Bonchev–Trinajstić information content (AvgIpc) is 2.41. The van der Waals surface area contributed by atoms with E-state index in [0.29, 0.717) is 0 Å². The second-order valence-corrected chi connectivity index (χ2v) is 4.88. The number of phosphoric acid groups is 1. The minimum atomic E-state index is -5.53. The van der Waals surface area contributed by atoms with E-state index in [2.05, 4.69) is 9.05 Å². The molecule has 1 N–H and O–H groups in total. The molecule has 0 aliphatic carbocycles. The number of hydrogen-bond donors (Lipinski definition) is 1. The van der Waals surface area contributed by atoms with Crippen LogP contribution in [0.3, 0.4) is 0 Å². The Bertz CT molecular complexity index is 367. The summed E-state index contributed by atoms with van der Waals surface area (Å²) in [7, 11) is -4.91. The van der Waals surface area contributed by atoms with Crippen molar-refractivity contribution in [2.45, 2.75) is 30.5 Å². The molecule has 108 valence electrons. The number of phosphoric ester groups is 1. The van der Waals surface area contributed by atoms with Gasteiger partial charge in [0.1, 0.15) is 6.42 Å². The summed E-state index contributed by atoms with van der Waals surface area (Å²) in [6, 6.07) is 0. The van der Waals surface area contributed by atoms with E-state index in [1.54, 1.807) is 0 Å². The van der Waals surface area contributed by atoms with E-state index in [9.17, 15) is 35.3 Å². The van der Waals surface area contributed by atoms with Crippen molar-refractivity contribution < 1.29 is 49.2 Å². The van der Waals surface area contributed by atoms with E-state index in [1.165, 1.54) is 0 Å². The van der Waals surface area contributed by atoms with Crippen LogP contribution in [0.15, 0.2) is 0 Å². The van der Waals surface area contributed by atoms with Crippen LogP contribution in [0.25, 0.3) is 0 Å². The van der Waals surface area contributed by atoms with Gasteiger partial charge in [-0.2, -0.15) is 30.7 Å². The van der Waals surface area contributed by atoms with Crippen molar-refractivity contribution in [3.63, 3.8) is 0 Å². The van der Waals surface area contributed by atoms with Crippen LogP contribution < -0.4 is 0 Å². The highest BCUT2D eigenvalue weighted by Crippen LogP contribution is 2.56. The average molecular weight is 306 g/mol. The molecule has 4 nitrogen and oxygen atoms in total. The van der Waals surface area contributed by atoms with Crippen LogP contribution in [-0.4, -0.2) is 35.6 Å². The number of halogens is 7. The van der Waals surface area contributed by atoms with Crippen LogP contribution in [-0.2, 0) is 13.6 Å². The highest BCUT2D eigenvalue weighted by Gasteiger charge is 2.67. The second-order valence-electron chi connectivity index (χ2n) is 3.48. The third-order valence-corrected chi connectivity index (χ3v) is 2.96. The van der Waals surface area contributed by atoms with Gasteiger partial charge in [-0.1, -0.05) is 0 Å².